The lowest BCUT2D eigenvalue weighted by atomic mass is 10.2. The molecule has 1 amide bonds. The zero-order valence-electron chi connectivity index (χ0n) is 16.9. The van der Waals surface area contributed by atoms with Crippen LogP contribution >= 0.6 is 11.8 Å². The number of hydrogen-bond donors (Lipinski definition) is 2. The van der Waals surface area contributed by atoms with E-state index < -0.39 is 5.91 Å². The van der Waals surface area contributed by atoms with Crippen LogP contribution in [0.4, 0.5) is 5.82 Å². The van der Waals surface area contributed by atoms with Gasteiger partial charge in [-0.25, -0.2) is 10.1 Å². The van der Waals surface area contributed by atoms with Gasteiger partial charge in [0, 0.05) is 12.8 Å². The van der Waals surface area contributed by atoms with Crippen molar-refractivity contribution in [1.29, 1.82) is 0 Å². The number of hydrazone groups is 1. The lowest BCUT2D eigenvalue weighted by Crippen LogP contribution is -2.20. The second kappa shape index (κ2) is 9.25. The van der Waals surface area contributed by atoms with Gasteiger partial charge in [-0.1, -0.05) is 17.0 Å². The van der Waals surface area contributed by atoms with Crippen molar-refractivity contribution in [3.63, 3.8) is 0 Å². The van der Waals surface area contributed by atoms with Gasteiger partial charge in [-0.15, -0.1) is 15.3 Å². The highest BCUT2D eigenvalue weighted by molar-refractivity contribution is 7.98. The van der Waals surface area contributed by atoms with Gasteiger partial charge in [-0.3, -0.25) is 4.79 Å². The number of thioether (sulfide) groups is 1. The lowest BCUT2D eigenvalue weighted by molar-refractivity contribution is 0.0949. The molecule has 3 N–H and O–H groups in total. The molecule has 0 atom stereocenters. The van der Waals surface area contributed by atoms with Crippen LogP contribution in [0.5, 0.6) is 5.75 Å². The zero-order chi connectivity index (χ0) is 22.5. The van der Waals surface area contributed by atoms with E-state index in [0.29, 0.717) is 10.9 Å². The molecule has 0 saturated carbocycles. The van der Waals surface area contributed by atoms with Crippen LogP contribution in [0.25, 0.3) is 5.82 Å². The van der Waals surface area contributed by atoms with Crippen LogP contribution in [-0.4, -0.2) is 59.3 Å². The summed E-state index contributed by atoms with van der Waals surface area (Å²) in [5, 5.41) is 27.7. The first-order chi connectivity index (χ1) is 15.6. The van der Waals surface area contributed by atoms with Crippen molar-refractivity contribution in [2.24, 2.45) is 12.1 Å². The molecule has 0 unspecified atom stereocenters. The van der Waals surface area contributed by atoms with Crippen LogP contribution < -0.4 is 15.9 Å². The molecule has 0 aliphatic rings. The van der Waals surface area contributed by atoms with Crippen molar-refractivity contribution >= 4 is 29.7 Å². The molecular weight excluding hydrogens is 438 g/mol. The summed E-state index contributed by atoms with van der Waals surface area (Å²) in [4.78, 5) is 12.8. The first kappa shape index (κ1) is 21.0. The fourth-order valence-corrected chi connectivity index (χ4v) is 3.44. The van der Waals surface area contributed by atoms with Gasteiger partial charge in [0.05, 0.1) is 19.0 Å². The second-order valence-electron chi connectivity index (χ2n) is 6.25. The third-order valence-corrected chi connectivity index (χ3v) is 5.22. The Balaban J connectivity index is 1.55. The molecule has 3 heterocycles. The summed E-state index contributed by atoms with van der Waals surface area (Å²) in [5.74, 6) is 0.534. The Morgan fingerprint density at radius 3 is 2.78 bits per heavy atom. The van der Waals surface area contributed by atoms with E-state index in [-0.39, 0.29) is 23.1 Å². The minimum absolute atomic E-state index is 0.00398. The largest absolute Gasteiger partial charge is 0.497 e. The van der Waals surface area contributed by atoms with Crippen LogP contribution in [0, 0.1) is 0 Å². The summed E-state index contributed by atoms with van der Waals surface area (Å²) < 4.78 is 12.8. The molecule has 14 nitrogen and oxygen atoms in total. The fourth-order valence-electron chi connectivity index (χ4n) is 2.56. The summed E-state index contributed by atoms with van der Waals surface area (Å²) in [5.41, 5.74) is 9.44. The van der Waals surface area contributed by atoms with Gasteiger partial charge in [0.15, 0.2) is 10.9 Å². The summed E-state index contributed by atoms with van der Waals surface area (Å²) in [7, 11) is 3.39. The molecule has 4 rings (SSSR count). The number of rotatable bonds is 8. The molecule has 0 aliphatic carbocycles. The number of hydrogen-bond acceptors (Lipinski definition) is 12. The summed E-state index contributed by atoms with van der Waals surface area (Å²) >= 11 is 1.32. The first-order valence-electron chi connectivity index (χ1n) is 9.04. The number of carbonyl (C=O) groups is 1. The standard InChI is InChI=1S/C17H17N11O3S/c1-27-9-20-23-17(27)32-8-12-13(21-26-28(12)15-14(18)24-31-25-15)16(29)22-19-7-10-3-5-11(30-2)6-4-10/h3-7,9H,8H2,1-2H3,(H2,18,24)(H,22,29). The normalized spacial score (nSPS) is 11.2. The Morgan fingerprint density at radius 2 is 2.12 bits per heavy atom. The molecule has 15 heteroatoms. The number of nitrogen functional groups attached to an aromatic ring is 1. The quantitative estimate of drug-likeness (QED) is 0.214. The number of aryl methyl sites for hydroxylation is 1. The average molecular weight is 455 g/mol. The van der Waals surface area contributed by atoms with Gasteiger partial charge in [-0.2, -0.15) is 9.78 Å². The molecule has 0 aliphatic heterocycles. The number of carbonyl (C=O) groups excluding carboxylic acids is 1. The molecule has 0 radical (unpaired) electrons. The van der Waals surface area contributed by atoms with Gasteiger partial charge in [0.2, 0.25) is 11.6 Å². The van der Waals surface area contributed by atoms with E-state index in [4.69, 9.17) is 10.5 Å². The Hall–Kier alpha value is -4.27. The molecule has 0 fully saturated rings. The SMILES string of the molecule is COc1ccc(C=NNC(=O)c2nnn(-c3nonc3N)c2CSc2nncn2C)cc1. The van der Waals surface area contributed by atoms with E-state index in [1.165, 1.54) is 22.7 Å². The second-order valence-corrected chi connectivity index (χ2v) is 7.20. The molecular formula is C17H17N11O3S. The Labute approximate surface area is 184 Å². The number of ether oxygens (including phenoxy) is 1. The molecule has 1 aromatic carbocycles. The molecule has 3 aromatic heterocycles. The van der Waals surface area contributed by atoms with E-state index in [9.17, 15) is 4.79 Å². The summed E-state index contributed by atoms with van der Waals surface area (Å²) in [6, 6.07) is 7.17. The van der Waals surface area contributed by atoms with Crippen LogP contribution in [0.2, 0.25) is 0 Å². The maximum absolute atomic E-state index is 12.8. The minimum atomic E-state index is -0.565. The van der Waals surface area contributed by atoms with Crippen molar-refractivity contribution in [1.82, 2.24) is 45.5 Å². The van der Waals surface area contributed by atoms with Crippen LogP contribution in [0.3, 0.4) is 0 Å². The topological polar surface area (TPSA) is 177 Å². The van der Waals surface area contributed by atoms with E-state index in [1.807, 2.05) is 0 Å². The van der Waals surface area contributed by atoms with Crippen LogP contribution in [-0.2, 0) is 12.8 Å². The summed E-state index contributed by atoms with van der Waals surface area (Å²) in [6.07, 6.45) is 3.06. The van der Waals surface area contributed by atoms with Gasteiger partial charge in [0.25, 0.3) is 5.91 Å². The third kappa shape index (κ3) is 4.41. The van der Waals surface area contributed by atoms with Gasteiger partial charge in [-0.05, 0) is 40.1 Å². The number of aromatic nitrogens is 8. The van der Waals surface area contributed by atoms with Gasteiger partial charge < -0.3 is 15.0 Å². The number of nitrogens with two attached hydrogens (primary N) is 1. The predicted octanol–water partition coefficient (Wildman–Crippen LogP) is 0.426. The number of nitrogens with zero attached hydrogens (tertiary/aromatic N) is 9. The van der Waals surface area contributed by atoms with Crippen LogP contribution in [0.1, 0.15) is 21.7 Å². The van der Waals surface area contributed by atoms with Crippen LogP contribution in [0.15, 0.2) is 45.5 Å². The molecule has 0 bridgehead atoms. The monoisotopic (exact) mass is 455 g/mol. The fraction of sp³-hybridized carbons (Fsp3) is 0.176. The molecule has 4 aromatic rings. The Bertz CT molecular complexity index is 1240. The lowest BCUT2D eigenvalue weighted by Gasteiger charge is -2.05. The molecule has 32 heavy (non-hydrogen) atoms. The highest BCUT2D eigenvalue weighted by Gasteiger charge is 2.24. The molecule has 164 valence electrons. The van der Waals surface area contributed by atoms with E-state index >= 15 is 0 Å². The van der Waals surface area contributed by atoms with Crippen molar-refractivity contribution < 1.29 is 14.2 Å². The predicted molar refractivity (Wildman–Crippen MR) is 112 cm³/mol. The van der Waals surface area contributed by atoms with Gasteiger partial charge in [0.1, 0.15) is 12.1 Å². The van der Waals surface area contributed by atoms with Crippen molar-refractivity contribution in [3.8, 4) is 11.6 Å². The summed E-state index contributed by atoms with van der Waals surface area (Å²) in [6.45, 7) is 0. The molecule has 0 spiro atoms. The number of anilines is 1. The smallest absolute Gasteiger partial charge is 0.293 e. The first-order valence-corrected chi connectivity index (χ1v) is 10.0. The van der Waals surface area contributed by atoms with Crippen molar-refractivity contribution in [2.45, 2.75) is 10.9 Å². The zero-order valence-corrected chi connectivity index (χ0v) is 17.7. The number of methoxy groups -OCH3 is 1. The molecule has 0 saturated heterocycles. The maximum Gasteiger partial charge on any atom is 0.293 e. The number of nitrogens with one attached hydrogen (secondary N) is 1. The van der Waals surface area contributed by atoms with Crippen molar-refractivity contribution in [3.05, 3.63) is 47.5 Å². The minimum Gasteiger partial charge on any atom is -0.497 e. The van der Waals surface area contributed by atoms with E-state index in [2.05, 4.69) is 46.0 Å². The highest BCUT2D eigenvalue weighted by Crippen LogP contribution is 2.24. The average Bonchev–Trinajstić information content (AvgIpc) is 3.52. The highest BCUT2D eigenvalue weighted by atomic mass is 32.2. The van der Waals surface area contributed by atoms with Crippen molar-refractivity contribution in [2.75, 3.05) is 12.8 Å². The number of amides is 1. The maximum atomic E-state index is 12.8. The Kier molecular flexibility index (Phi) is 6.07. The Morgan fingerprint density at radius 1 is 1.31 bits per heavy atom. The van der Waals surface area contributed by atoms with E-state index in [0.717, 1.165) is 11.3 Å². The third-order valence-electron chi connectivity index (χ3n) is 4.18. The number of benzene rings is 1. The van der Waals surface area contributed by atoms with E-state index in [1.54, 1.807) is 49.3 Å². The van der Waals surface area contributed by atoms with Gasteiger partial charge >= 0.3 is 0 Å².